The second-order valence-electron chi connectivity index (χ2n) is 5.37. The number of hydrogen-bond acceptors (Lipinski definition) is 1. The molecule has 2 aromatic rings. The Morgan fingerprint density at radius 1 is 0.950 bits per heavy atom. The van der Waals surface area contributed by atoms with Gasteiger partial charge in [-0.1, -0.05) is 57.2 Å². The minimum absolute atomic E-state index is 0.274. The average molecular weight is 379 g/mol. The van der Waals surface area contributed by atoms with E-state index in [0.717, 1.165) is 6.54 Å². The van der Waals surface area contributed by atoms with Crippen molar-refractivity contribution in [1.29, 1.82) is 0 Å². The van der Waals surface area contributed by atoms with Gasteiger partial charge in [-0.25, -0.2) is 0 Å². The minimum Gasteiger partial charge on any atom is -0.307 e. The van der Waals surface area contributed by atoms with Gasteiger partial charge >= 0.3 is 0 Å². The van der Waals surface area contributed by atoms with Gasteiger partial charge in [-0.05, 0) is 63.9 Å². The van der Waals surface area contributed by atoms with E-state index >= 15 is 0 Å². The topological polar surface area (TPSA) is 12.0 Å². The molecule has 106 valence electrons. The summed E-state index contributed by atoms with van der Waals surface area (Å²) in [6, 6.07) is 18.0. The molecule has 0 radical (unpaired) electrons. The highest BCUT2D eigenvalue weighted by Crippen LogP contribution is 2.25. The van der Waals surface area contributed by atoms with Crippen LogP contribution in [0.3, 0.4) is 0 Å². The van der Waals surface area contributed by atoms with Crippen molar-refractivity contribution in [2.75, 3.05) is 6.54 Å². The Bertz CT molecular complexity index is 546. The van der Waals surface area contributed by atoms with Gasteiger partial charge in [0.1, 0.15) is 0 Å². The highest BCUT2D eigenvalue weighted by Gasteiger charge is 2.13. The summed E-state index contributed by atoms with van der Waals surface area (Å²) < 4.78 is 1.28. The van der Waals surface area contributed by atoms with Crippen molar-refractivity contribution in [2.24, 2.45) is 0 Å². The fraction of sp³-hybridized carbons (Fsp3) is 0.333. The monoisotopic (exact) mass is 379 g/mol. The summed E-state index contributed by atoms with van der Waals surface area (Å²) in [5.74, 6) is 0.583. The average Bonchev–Trinajstić information content (AvgIpc) is 2.45. The molecule has 0 aliphatic rings. The summed E-state index contributed by atoms with van der Waals surface area (Å²) in [4.78, 5) is 0. The van der Waals surface area contributed by atoms with Crippen LogP contribution >= 0.6 is 22.6 Å². The molecular formula is C18H22IN. The van der Waals surface area contributed by atoms with Crippen LogP contribution in [0.5, 0.6) is 0 Å². The zero-order valence-electron chi connectivity index (χ0n) is 12.4. The van der Waals surface area contributed by atoms with Crippen molar-refractivity contribution in [3.05, 3.63) is 68.8 Å². The van der Waals surface area contributed by atoms with E-state index in [9.17, 15) is 0 Å². The van der Waals surface area contributed by atoms with E-state index < -0.39 is 0 Å². The Balaban J connectivity index is 2.33. The molecule has 0 aliphatic heterocycles. The second-order valence-corrected chi connectivity index (χ2v) is 6.61. The molecule has 0 saturated carbocycles. The maximum atomic E-state index is 3.59. The van der Waals surface area contributed by atoms with Crippen LogP contribution in [0, 0.1) is 3.57 Å². The second kappa shape index (κ2) is 7.23. The molecule has 1 N–H and O–H groups in total. The smallest absolute Gasteiger partial charge is 0.0577 e. The molecule has 0 heterocycles. The van der Waals surface area contributed by atoms with Crippen molar-refractivity contribution in [3.8, 4) is 0 Å². The van der Waals surface area contributed by atoms with Crippen LogP contribution in [0.1, 0.15) is 49.4 Å². The lowest BCUT2D eigenvalue weighted by Gasteiger charge is -2.20. The third-order valence-electron chi connectivity index (χ3n) is 3.53. The first-order chi connectivity index (χ1) is 9.61. The van der Waals surface area contributed by atoms with Gasteiger partial charge < -0.3 is 5.32 Å². The predicted octanol–water partition coefficient (Wildman–Crippen LogP) is 5.11. The number of rotatable bonds is 5. The third kappa shape index (κ3) is 3.83. The van der Waals surface area contributed by atoms with Gasteiger partial charge in [0.15, 0.2) is 0 Å². The van der Waals surface area contributed by atoms with Gasteiger partial charge in [-0.3, -0.25) is 0 Å². The Morgan fingerprint density at radius 2 is 1.60 bits per heavy atom. The molecule has 2 rings (SSSR count). The first-order valence-corrected chi connectivity index (χ1v) is 8.28. The number of nitrogens with one attached hydrogen (secondary N) is 1. The molecule has 1 unspecified atom stereocenters. The van der Waals surface area contributed by atoms with Gasteiger partial charge in [-0.2, -0.15) is 0 Å². The zero-order chi connectivity index (χ0) is 14.5. The molecule has 2 aromatic carbocycles. The molecular weight excluding hydrogens is 357 g/mol. The SMILES string of the molecule is CCNC(c1ccc(C(C)C)cc1)c1cccc(I)c1. The summed E-state index contributed by atoms with van der Waals surface area (Å²) in [5, 5.41) is 3.59. The van der Waals surface area contributed by atoms with Crippen molar-refractivity contribution < 1.29 is 0 Å². The molecule has 1 atom stereocenters. The molecule has 0 aliphatic carbocycles. The van der Waals surface area contributed by atoms with E-state index in [1.54, 1.807) is 0 Å². The quantitative estimate of drug-likeness (QED) is 0.712. The molecule has 0 aromatic heterocycles. The van der Waals surface area contributed by atoms with E-state index in [0.29, 0.717) is 5.92 Å². The third-order valence-corrected chi connectivity index (χ3v) is 4.20. The summed E-state index contributed by atoms with van der Waals surface area (Å²) in [6.45, 7) is 7.58. The summed E-state index contributed by atoms with van der Waals surface area (Å²) in [6.07, 6.45) is 0. The van der Waals surface area contributed by atoms with Crippen LogP contribution in [-0.4, -0.2) is 6.54 Å². The van der Waals surface area contributed by atoms with Crippen LogP contribution < -0.4 is 5.32 Å². The molecule has 1 nitrogen and oxygen atoms in total. The first-order valence-electron chi connectivity index (χ1n) is 7.20. The van der Waals surface area contributed by atoms with Crippen LogP contribution in [0.2, 0.25) is 0 Å². The van der Waals surface area contributed by atoms with E-state index in [1.807, 2.05) is 0 Å². The van der Waals surface area contributed by atoms with Crippen LogP contribution in [0.4, 0.5) is 0 Å². The van der Waals surface area contributed by atoms with Crippen molar-refractivity contribution in [1.82, 2.24) is 5.32 Å². The fourth-order valence-electron chi connectivity index (χ4n) is 2.39. The van der Waals surface area contributed by atoms with Gasteiger partial charge in [0.05, 0.1) is 6.04 Å². The molecule has 0 bridgehead atoms. The normalized spacial score (nSPS) is 12.7. The van der Waals surface area contributed by atoms with E-state index in [1.165, 1.54) is 20.3 Å². The number of halogens is 1. The summed E-state index contributed by atoms with van der Waals surface area (Å²) >= 11 is 2.37. The maximum Gasteiger partial charge on any atom is 0.0577 e. The molecule has 20 heavy (non-hydrogen) atoms. The number of benzene rings is 2. The Kier molecular flexibility index (Phi) is 5.61. The fourth-order valence-corrected chi connectivity index (χ4v) is 2.96. The van der Waals surface area contributed by atoms with Gasteiger partial charge in [-0.15, -0.1) is 0 Å². The molecule has 0 spiro atoms. The first kappa shape index (κ1) is 15.5. The van der Waals surface area contributed by atoms with Crippen molar-refractivity contribution in [2.45, 2.75) is 32.7 Å². The zero-order valence-corrected chi connectivity index (χ0v) is 14.5. The van der Waals surface area contributed by atoms with E-state index in [4.69, 9.17) is 0 Å². The Morgan fingerprint density at radius 3 is 2.15 bits per heavy atom. The maximum absolute atomic E-state index is 3.59. The van der Waals surface area contributed by atoms with Crippen LogP contribution in [-0.2, 0) is 0 Å². The lowest BCUT2D eigenvalue weighted by Crippen LogP contribution is -2.22. The highest BCUT2D eigenvalue weighted by molar-refractivity contribution is 14.1. The van der Waals surface area contributed by atoms with Crippen molar-refractivity contribution in [3.63, 3.8) is 0 Å². The highest BCUT2D eigenvalue weighted by atomic mass is 127. The molecule has 2 heteroatoms. The van der Waals surface area contributed by atoms with Gasteiger partial charge in [0, 0.05) is 3.57 Å². The predicted molar refractivity (Wildman–Crippen MR) is 95.2 cm³/mol. The molecule has 0 amide bonds. The Hall–Kier alpha value is -0.870. The van der Waals surface area contributed by atoms with E-state index in [-0.39, 0.29) is 6.04 Å². The lowest BCUT2D eigenvalue weighted by molar-refractivity contribution is 0.630. The van der Waals surface area contributed by atoms with Crippen LogP contribution in [0.15, 0.2) is 48.5 Å². The summed E-state index contributed by atoms with van der Waals surface area (Å²) in [5.41, 5.74) is 4.06. The van der Waals surface area contributed by atoms with E-state index in [2.05, 4.69) is 97.2 Å². The Labute approximate surface area is 135 Å². The minimum atomic E-state index is 0.274. The number of hydrogen-bond donors (Lipinski definition) is 1. The molecule has 0 fully saturated rings. The summed E-state index contributed by atoms with van der Waals surface area (Å²) in [7, 11) is 0. The standard InChI is InChI=1S/C18H22IN/c1-4-20-18(16-6-5-7-17(19)12-16)15-10-8-14(9-11-15)13(2)3/h5-13,18,20H,4H2,1-3H3. The largest absolute Gasteiger partial charge is 0.307 e. The molecule has 0 saturated heterocycles. The van der Waals surface area contributed by atoms with Crippen LogP contribution in [0.25, 0.3) is 0 Å². The van der Waals surface area contributed by atoms with Gasteiger partial charge in [0.2, 0.25) is 0 Å². The van der Waals surface area contributed by atoms with Crippen molar-refractivity contribution >= 4 is 22.6 Å². The van der Waals surface area contributed by atoms with Gasteiger partial charge in [0.25, 0.3) is 0 Å². The lowest BCUT2D eigenvalue weighted by atomic mass is 9.95.